The molecule has 0 radical (unpaired) electrons. The molecule has 1 heterocycles. The van der Waals surface area contributed by atoms with E-state index in [4.69, 9.17) is 14.6 Å². The van der Waals surface area contributed by atoms with Gasteiger partial charge < -0.3 is 19.9 Å². The van der Waals surface area contributed by atoms with Crippen molar-refractivity contribution in [2.24, 2.45) is 0 Å². The Morgan fingerprint density at radius 1 is 0.933 bits per heavy atom. The molecule has 148 valence electrons. The first-order valence-corrected chi connectivity index (χ1v) is 8.57. The summed E-state index contributed by atoms with van der Waals surface area (Å²) in [6.07, 6.45) is 1.26. The van der Waals surface area contributed by atoms with Crippen molar-refractivity contribution in [3.05, 3.63) is 83.1 Å². The number of carboxylic acid groups (broad SMARTS) is 2. The molecule has 1 amide bonds. The number of furan rings is 1. The third-order valence-corrected chi connectivity index (χ3v) is 4.06. The number of hydrogen-bond donors (Lipinski definition) is 3. The number of nitrogens with one attached hydrogen (secondary N) is 1. The summed E-state index contributed by atoms with van der Waals surface area (Å²) in [5.74, 6) is -2.21. The van der Waals surface area contributed by atoms with Gasteiger partial charge in [0.05, 0.1) is 11.1 Å². The second kappa shape index (κ2) is 8.58. The Morgan fingerprint density at radius 2 is 1.63 bits per heavy atom. The highest BCUT2D eigenvalue weighted by atomic mass is 16.4. The highest BCUT2D eigenvalue weighted by Gasteiger charge is 2.13. The molecule has 0 saturated heterocycles. The normalized spacial score (nSPS) is 10.8. The zero-order valence-electron chi connectivity index (χ0n) is 15.3. The van der Waals surface area contributed by atoms with Crippen LogP contribution in [-0.2, 0) is 4.79 Å². The molecule has 0 fully saturated rings. The first-order chi connectivity index (χ1) is 14.4. The van der Waals surface area contributed by atoms with E-state index in [-0.39, 0.29) is 28.1 Å². The zero-order valence-corrected chi connectivity index (χ0v) is 15.3. The van der Waals surface area contributed by atoms with E-state index in [1.165, 1.54) is 42.5 Å². The molecule has 3 aromatic rings. The number of benzene rings is 2. The lowest BCUT2D eigenvalue weighted by Crippen LogP contribution is -2.13. The summed E-state index contributed by atoms with van der Waals surface area (Å²) < 4.78 is 5.62. The van der Waals surface area contributed by atoms with Gasteiger partial charge in [0.1, 0.15) is 23.2 Å². The van der Waals surface area contributed by atoms with Crippen LogP contribution in [-0.4, -0.2) is 28.1 Å². The molecule has 3 rings (SSSR count). The molecular weight excluding hydrogens is 388 g/mol. The highest BCUT2D eigenvalue weighted by molar-refractivity contribution is 6.09. The van der Waals surface area contributed by atoms with Crippen LogP contribution < -0.4 is 5.32 Å². The number of rotatable bonds is 6. The number of amides is 1. The largest absolute Gasteiger partial charge is 0.478 e. The summed E-state index contributed by atoms with van der Waals surface area (Å²) in [4.78, 5) is 34.3. The second-order valence-corrected chi connectivity index (χ2v) is 6.09. The van der Waals surface area contributed by atoms with Crippen molar-refractivity contribution in [1.29, 1.82) is 5.26 Å². The molecule has 3 N–H and O–H groups in total. The van der Waals surface area contributed by atoms with Gasteiger partial charge in [-0.25, -0.2) is 9.59 Å². The minimum absolute atomic E-state index is 0.000111. The topological polar surface area (TPSA) is 141 Å². The summed E-state index contributed by atoms with van der Waals surface area (Å²) in [5.41, 5.74) is 0.770. The first kappa shape index (κ1) is 20.1. The van der Waals surface area contributed by atoms with Gasteiger partial charge in [-0.2, -0.15) is 5.26 Å². The Kier molecular flexibility index (Phi) is 5.75. The predicted octanol–water partition coefficient (Wildman–Crippen LogP) is 3.89. The zero-order chi connectivity index (χ0) is 21.7. The molecule has 2 aromatic carbocycles. The van der Waals surface area contributed by atoms with Crippen molar-refractivity contribution < 1.29 is 29.0 Å². The lowest BCUT2D eigenvalue weighted by Gasteiger charge is -2.05. The molecule has 0 bridgehead atoms. The highest BCUT2D eigenvalue weighted by Crippen LogP contribution is 2.24. The van der Waals surface area contributed by atoms with Crippen molar-refractivity contribution >= 4 is 29.6 Å². The number of carboxylic acids is 2. The van der Waals surface area contributed by atoms with Crippen LogP contribution >= 0.6 is 0 Å². The maximum Gasteiger partial charge on any atom is 0.335 e. The average Bonchev–Trinajstić information content (AvgIpc) is 3.20. The second-order valence-electron chi connectivity index (χ2n) is 6.09. The van der Waals surface area contributed by atoms with E-state index in [0.29, 0.717) is 11.3 Å². The van der Waals surface area contributed by atoms with E-state index < -0.39 is 17.8 Å². The van der Waals surface area contributed by atoms with E-state index in [0.717, 1.165) is 0 Å². The van der Waals surface area contributed by atoms with Crippen LogP contribution in [0, 0.1) is 11.3 Å². The Morgan fingerprint density at radius 3 is 2.27 bits per heavy atom. The van der Waals surface area contributed by atoms with Gasteiger partial charge in [-0.15, -0.1) is 0 Å². The molecule has 8 nitrogen and oxygen atoms in total. The summed E-state index contributed by atoms with van der Waals surface area (Å²) in [6.45, 7) is 0. The third kappa shape index (κ3) is 4.61. The lowest BCUT2D eigenvalue weighted by molar-refractivity contribution is -0.112. The van der Waals surface area contributed by atoms with Crippen molar-refractivity contribution in [2.45, 2.75) is 0 Å². The lowest BCUT2D eigenvalue weighted by atomic mass is 10.1. The number of aromatic carboxylic acids is 2. The molecule has 0 atom stereocenters. The number of nitrogens with zero attached hydrogens (tertiary/aromatic N) is 1. The van der Waals surface area contributed by atoms with Crippen LogP contribution in [0.15, 0.2) is 70.7 Å². The SMILES string of the molecule is N#C/C(=C/c1ccc(-c2ccc(C(=O)O)cc2)o1)C(=O)Nc1cccc(C(=O)O)c1. The molecule has 0 aliphatic carbocycles. The van der Waals surface area contributed by atoms with E-state index >= 15 is 0 Å². The summed E-state index contributed by atoms with van der Waals surface area (Å²) in [6, 6.07) is 16.7. The van der Waals surface area contributed by atoms with Gasteiger partial charge in [-0.05, 0) is 42.5 Å². The van der Waals surface area contributed by atoms with Gasteiger partial charge in [0, 0.05) is 17.3 Å². The summed E-state index contributed by atoms with van der Waals surface area (Å²) >= 11 is 0. The fraction of sp³-hybridized carbons (Fsp3) is 0. The number of carbonyl (C=O) groups is 3. The minimum atomic E-state index is -1.14. The molecule has 30 heavy (non-hydrogen) atoms. The number of nitriles is 1. The van der Waals surface area contributed by atoms with Crippen molar-refractivity contribution in [3.63, 3.8) is 0 Å². The van der Waals surface area contributed by atoms with Crippen LogP contribution in [0.3, 0.4) is 0 Å². The quantitative estimate of drug-likeness (QED) is 0.419. The Hall–Kier alpha value is -4.64. The molecule has 0 aliphatic heterocycles. The molecule has 8 heteroatoms. The van der Waals surface area contributed by atoms with E-state index in [9.17, 15) is 19.6 Å². The molecule has 0 unspecified atom stereocenters. The van der Waals surface area contributed by atoms with Crippen LogP contribution in [0.25, 0.3) is 17.4 Å². The summed E-state index contributed by atoms with van der Waals surface area (Å²) in [5, 5.41) is 29.8. The maximum absolute atomic E-state index is 12.4. The summed E-state index contributed by atoms with van der Waals surface area (Å²) in [7, 11) is 0. The average molecular weight is 402 g/mol. The Bertz CT molecular complexity index is 1200. The van der Waals surface area contributed by atoms with E-state index in [1.807, 2.05) is 0 Å². The predicted molar refractivity (Wildman–Crippen MR) is 107 cm³/mol. The van der Waals surface area contributed by atoms with Gasteiger partial charge in [-0.3, -0.25) is 4.79 Å². The molecule has 0 aliphatic rings. The minimum Gasteiger partial charge on any atom is -0.478 e. The van der Waals surface area contributed by atoms with Gasteiger partial charge >= 0.3 is 11.9 Å². The standard InChI is InChI=1S/C22H14N2O6/c23-12-16(20(25)24-17-3-1-2-15(10-17)22(28)29)11-18-8-9-19(30-18)13-4-6-14(7-5-13)21(26)27/h1-11H,(H,24,25)(H,26,27)(H,28,29)/b16-11-. The Balaban J connectivity index is 1.78. The van der Waals surface area contributed by atoms with Gasteiger partial charge in [0.15, 0.2) is 0 Å². The van der Waals surface area contributed by atoms with Crippen LogP contribution in [0.1, 0.15) is 26.5 Å². The van der Waals surface area contributed by atoms with Gasteiger partial charge in [0.25, 0.3) is 5.91 Å². The van der Waals surface area contributed by atoms with E-state index in [2.05, 4.69) is 5.32 Å². The Labute approximate surface area is 170 Å². The monoisotopic (exact) mass is 402 g/mol. The van der Waals surface area contributed by atoms with Gasteiger partial charge in [0.2, 0.25) is 0 Å². The smallest absolute Gasteiger partial charge is 0.335 e. The number of anilines is 1. The van der Waals surface area contributed by atoms with Crippen molar-refractivity contribution in [2.75, 3.05) is 5.32 Å². The molecular formula is C22H14N2O6. The third-order valence-electron chi connectivity index (χ3n) is 4.06. The van der Waals surface area contributed by atoms with Gasteiger partial charge in [-0.1, -0.05) is 18.2 Å². The number of carbonyl (C=O) groups excluding carboxylic acids is 1. The van der Waals surface area contributed by atoms with Crippen molar-refractivity contribution in [1.82, 2.24) is 0 Å². The number of hydrogen-bond acceptors (Lipinski definition) is 5. The van der Waals surface area contributed by atoms with Crippen molar-refractivity contribution in [3.8, 4) is 17.4 Å². The fourth-order valence-corrected chi connectivity index (χ4v) is 2.58. The van der Waals surface area contributed by atoms with E-state index in [1.54, 1.807) is 30.3 Å². The van der Waals surface area contributed by atoms with Crippen LogP contribution in [0.5, 0.6) is 0 Å². The molecule has 0 saturated carbocycles. The van der Waals surface area contributed by atoms with Crippen LogP contribution in [0.2, 0.25) is 0 Å². The maximum atomic E-state index is 12.4. The fourth-order valence-electron chi connectivity index (χ4n) is 2.58. The van der Waals surface area contributed by atoms with Crippen LogP contribution in [0.4, 0.5) is 5.69 Å². The molecule has 1 aromatic heterocycles. The first-order valence-electron chi connectivity index (χ1n) is 8.57. The molecule has 0 spiro atoms.